The zero-order valence-electron chi connectivity index (χ0n) is 17.2. The van der Waals surface area contributed by atoms with Gasteiger partial charge in [0.05, 0.1) is 19.1 Å². The van der Waals surface area contributed by atoms with Gasteiger partial charge in [-0.2, -0.15) is 0 Å². The lowest BCUT2D eigenvalue weighted by Crippen LogP contribution is -2.39. The van der Waals surface area contributed by atoms with Gasteiger partial charge in [0.15, 0.2) is 11.9 Å². The van der Waals surface area contributed by atoms with Crippen LogP contribution in [0.4, 0.5) is 0 Å². The number of aliphatic hydroxyl groups is 1. The topological polar surface area (TPSA) is 99.1 Å². The molecule has 0 fully saturated rings. The molecule has 0 aliphatic rings. The average molecular weight is 386 g/mol. The van der Waals surface area contributed by atoms with E-state index in [0.717, 1.165) is 12.8 Å². The lowest BCUT2D eigenvalue weighted by molar-refractivity contribution is -0.163. The highest BCUT2D eigenvalue weighted by molar-refractivity contribution is 6.03. The van der Waals surface area contributed by atoms with Crippen molar-refractivity contribution < 1.29 is 33.7 Å². The Morgan fingerprint density at radius 3 is 2.00 bits per heavy atom. The lowest BCUT2D eigenvalue weighted by atomic mass is 9.87. The number of hydrogen-bond donors (Lipinski definition) is 1. The number of Topliss-reactive ketones (excluding diaryl/α,β-unsaturated/α-hetero) is 1. The van der Waals surface area contributed by atoms with Gasteiger partial charge in [0.25, 0.3) is 0 Å². The van der Waals surface area contributed by atoms with Gasteiger partial charge in [-0.25, -0.2) is 0 Å². The van der Waals surface area contributed by atoms with Crippen LogP contribution in [0.2, 0.25) is 0 Å². The van der Waals surface area contributed by atoms with E-state index < -0.39 is 29.4 Å². The molecule has 0 amide bonds. The summed E-state index contributed by atoms with van der Waals surface area (Å²) in [6.07, 6.45) is 0.975. The molecule has 1 atom stereocenters. The molecule has 0 saturated heterocycles. The van der Waals surface area contributed by atoms with Gasteiger partial charge < -0.3 is 19.3 Å². The van der Waals surface area contributed by atoms with Crippen molar-refractivity contribution in [2.75, 3.05) is 13.2 Å². The Balaban J connectivity index is 4.83. The fourth-order valence-corrected chi connectivity index (χ4v) is 2.48. The summed E-state index contributed by atoms with van der Waals surface area (Å²) in [5, 5.41) is 10.3. The van der Waals surface area contributed by atoms with Gasteiger partial charge in [0.2, 0.25) is 0 Å². The van der Waals surface area contributed by atoms with E-state index in [9.17, 15) is 19.5 Å². The molecule has 7 nitrogen and oxygen atoms in total. The van der Waals surface area contributed by atoms with E-state index in [1.54, 1.807) is 13.8 Å². The molecule has 0 heterocycles. The Kier molecular flexibility index (Phi) is 11.8. The van der Waals surface area contributed by atoms with E-state index in [1.807, 2.05) is 13.8 Å². The maximum Gasteiger partial charge on any atom is 0.310 e. The normalized spacial score (nSPS) is 12.6. The number of esters is 2. The molecule has 156 valence electrons. The van der Waals surface area contributed by atoms with Crippen LogP contribution in [0.5, 0.6) is 0 Å². The zero-order chi connectivity index (χ0) is 21.0. The van der Waals surface area contributed by atoms with Crippen molar-refractivity contribution in [1.82, 2.24) is 0 Å². The molecular weight excluding hydrogens is 352 g/mol. The van der Waals surface area contributed by atoms with E-state index in [-0.39, 0.29) is 44.2 Å². The van der Waals surface area contributed by atoms with Crippen LogP contribution in [0, 0.1) is 0 Å². The van der Waals surface area contributed by atoms with Crippen LogP contribution >= 0.6 is 0 Å². The van der Waals surface area contributed by atoms with E-state index in [0.29, 0.717) is 0 Å². The van der Waals surface area contributed by atoms with Crippen molar-refractivity contribution in [1.29, 1.82) is 0 Å². The molecule has 0 aliphatic carbocycles. The minimum Gasteiger partial charge on any atom is -0.462 e. The van der Waals surface area contributed by atoms with Gasteiger partial charge in [-0.1, -0.05) is 34.3 Å². The first-order valence-corrected chi connectivity index (χ1v) is 9.52. The van der Waals surface area contributed by atoms with Crippen LogP contribution in [-0.4, -0.2) is 53.9 Å². The summed E-state index contributed by atoms with van der Waals surface area (Å²) in [6.45, 7) is 12.2. The molecule has 0 spiro atoms. The quantitative estimate of drug-likeness (QED) is 0.362. The van der Waals surface area contributed by atoms with E-state index >= 15 is 0 Å². The second-order valence-electron chi connectivity index (χ2n) is 6.53. The van der Waals surface area contributed by atoms with Crippen LogP contribution < -0.4 is 0 Å². The fraction of sp³-hybridized carbons (Fsp3) is 0.750. The molecule has 0 aromatic heterocycles. The average Bonchev–Trinajstić information content (AvgIpc) is 2.64. The third kappa shape index (κ3) is 9.15. The molecule has 0 rings (SSSR count). The second kappa shape index (κ2) is 12.6. The number of carbonyl (C=O) groups excluding carboxylic acids is 3. The first kappa shape index (κ1) is 25.3. The van der Waals surface area contributed by atoms with Crippen molar-refractivity contribution in [3.05, 3.63) is 12.2 Å². The number of rotatable bonds is 14. The standard InChI is InChI=1S/C20H34O7/c1-7-16(8-2)26-13-17(12-25-15(6)21)27-18(22)11-14(5)19(23)20(24,9-3)10-4/h16-17,24H,5,7-13H2,1-4,6H3. The highest BCUT2D eigenvalue weighted by atomic mass is 16.6. The minimum atomic E-state index is -1.52. The molecule has 0 radical (unpaired) electrons. The molecule has 7 heteroatoms. The smallest absolute Gasteiger partial charge is 0.310 e. The SMILES string of the molecule is C=C(CC(=O)OC(COC(C)=O)COC(CC)CC)C(=O)C(O)(CC)CC. The molecule has 0 aromatic carbocycles. The Morgan fingerprint density at radius 1 is 1.00 bits per heavy atom. The Labute approximate surface area is 162 Å². The minimum absolute atomic E-state index is 0.0154. The molecule has 0 saturated carbocycles. The summed E-state index contributed by atoms with van der Waals surface area (Å²) in [7, 11) is 0. The zero-order valence-corrected chi connectivity index (χ0v) is 17.2. The van der Waals surface area contributed by atoms with Gasteiger partial charge in [-0.15, -0.1) is 0 Å². The Morgan fingerprint density at radius 2 is 1.56 bits per heavy atom. The Bertz CT molecular complexity index is 504. The monoisotopic (exact) mass is 386 g/mol. The first-order chi connectivity index (χ1) is 12.6. The molecule has 0 bridgehead atoms. The highest BCUT2D eigenvalue weighted by Gasteiger charge is 2.34. The third-order valence-corrected chi connectivity index (χ3v) is 4.47. The second-order valence-corrected chi connectivity index (χ2v) is 6.53. The summed E-state index contributed by atoms with van der Waals surface area (Å²) in [5.41, 5.74) is -1.54. The predicted octanol–water partition coefficient (Wildman–Crippen LogP) is 2.73. The summed E-state index contributed by atoms with van der Waals surface area (Å²) in [6, 6.07) is 0. The van der Waals surface area contributed by atoms with Crippen LogP contribution in [0.25, 0.3) is 0 Å². The molecular formula is C20H34O7. The van der Waals surface area contributed by atoms with Crippen LogP contribution in [0.1, 0.15) is 66.7 Å². The van der Waals surface area contributed by atoms with Crippen molar-refractivity contribution in [3.63, 3.8) is 0 Å². The van der Waals surface area contributed by atoms with Crippen LogP contribution in [0.15, 0.2) is 12.2 Å². The molecule has 27 heavy (non-hydrogen) atoms. The maximum absolute atomic E-state index is 12.3. The van der Waals surface area contributed by atoms with Crippen molar-refractivity contribution in [3.8, 4) is 0 Å². The van der Waals surface area contributed by atoms with Gasteiger partial charge >= 0.3 is 11.9 Å². The van der Waals surface area contributed by atoms with Crippen molar-refractivity contribution in [2.24, 2.45) is 0 Å². The van der Waals surface area contributed by atoms with E-state index in [1.165, 1.54) is 6.92 Å². The predicted molar refractivity (Wildman–Crippen MR) is 101 cm³/mol. The number of carbonyl (C=O) groups is 3. The Hall–Kier alpha value is -1.73. The first-order valence-electron chi connectivity index (χ1n) is 9.52. The van der Waals surface area contributed by atoms with Gasteiger partial charge in [0, 0.05) is 12.5 Å². The molecule has 1 unspecified atom stereocenters. The van der Waals surface area contributed by atoms with Gasteiger partial charge in [0.1, 0.15) is 12.2 Å². The van der Waals surface area contributed by atoms with E-state index in [2.05, 4.69) is 6.58 Å². The largest absolute Gasteiger partial charge is 0.462 e. The number of ketones is 1. The molecule has 1 N–H and O–H groups in total. The number of ether oxygens (including phenoxy) is 3. The number of hydrogen-bond acceptors (Lipinski definition) is 7. The summed E-state index contributed by atoms with van der Waals surface area (Å²) >= 11 is 0. The van der Waals surface area contributed by atoms with Gasteiger partial charge in [-0.3, -0.25) is 14.4 Å². The maximum atomic E-state index is 12.3. The highest BCUT2D eigenvalue weighted by Crippen LogP contribution is 2.21. The van der Waals surface area contributed by atoms with Crippen molar-refractivity contribution in [2.45, 2.75) is 84.5 Å². The summed E-state index contributed by atoms with van der Waals surface area (Å²) in [5.74, 6) is -1.74. The van der Waals surface area contributed by atoms with Crippen LogP contribution in [-0.2, 0) is 28.6 Å². The third-order valence-electron chi connectivity index (χ3n) is 4.47. The lowest BCUT2D eigenvalue weighted by Gasteiger charge is -2.25. The fourth-order valence-electron chi connectivity index (χ4n) is 2.48. The molecule has 0 aliphatic heterocycles. The summed E-state index contributed by atoms with van der Waals surface area (Å²) < 4.78 is 15.9. The van der Waals surface area contributed by atoms with E-state index in [4.69, 9.17) is 14.2 Å². The van der Waals surface area contributed by atoms with Gasteiger partial charge in [-0.05, 0) is 25.7 Å². The molecule has 0 aromatic rings. The van der Waals surface area contributed by atoms with Crippen molar-refractivity contribution >= 4 is 17.7 Å². The van der Waals surface area contributed by atoms with Crippen LogP contribution in [0.3, 0.4) is 0 Å². The summed E-state index contributed by atoms with van der Waals surface area (Å²) in [4.78, 5) is 35.5.